The SMILES string of the molecule is CCOC(=O)CCNCC(=O)N(C(C)C)C1CCCCC1. The van der Waals surface area contributed by atoms with Crippen LogP contribution in [0.5, 0.6) is 0 Å². The zero-order valence-corrected chi connectivity index (χ0v) is 13.7. The number of esters is 1. The fourth-order valence-electron chi connectivity index (χ4n) is 2.98. The van der Waals surface area contributed by atoms with E-state index in [1.807, 2.05) is 4.90 Å². The molecule has 1 aliphatic carbocycles. The molecule has 0 aliphatic heterocycles. The highest BCUT2D eigenvalue weighted by molar-refractivity contribution is 5.79. The average Bonchev–Trinajstić information content (AvgIpc) is 2.45. The van der Waals surface area contributed by atoms with E-state index in [0.717, 1.165) is 12.8 Å². The van der Waals surface area contributed by atoms with Gasteiger partial charge < -0.3 is 15.0 Å². The summed E-state index contributed by atoms with van der Waals surface area (Å²) < 4.78 is 4.86. The van der Waals surface area contributed by atoms with E-state index in [1.165, 1.54) is 19.3 Å². The van der Waals surface area contributed by atoms with Crippen molar-refractivity contribution in [2.75, 3.05) is 19.7 Å². The molecule has 0 unspecified atom stereocenters. The third-order valence-electron chi connectivity index (χ3n) is 3.90. The average molecular weight is 298 g/mol. The van der Waals surface area contributed by atoms with Crippen LogP contribution in [0.1, 0.15) is 59.3 Å². The van der Waals surface area contributed by atoms with E-state index < -0.39 is 0 Å². The first-order chi connectivity index (χ1) is 10.1. The van der Waals surface area contributed by atoms with Crippen molar-refractivity contribution >= 4 is 11.9 Å². The minimum atomic E-state index is -0.217. The number of hydrogen-bond donors (Lipinski definition) is 1. The van der Waals surface area contributed by atoms with Crippen molar-refractivity contribution in [2.24, 2.45) is 0 Å². The van der Waals surface area contributed by atoms with Gasteiger partial charge in [-0.05, 0) is 33.6 Å². The van der Waals surface area contributed by atoms with Crippen LogP contribution in [-0.4, -0.2) is 48.6 Å². The highest BCUT2D eigenvalue weighted by atomic mass is 16.5. The van der Waals surface area contributed by atoms with Gasteiger partial charge in [0.2, 0.25) is 5.91 Å². The van der Waals surface area contributed by atoms with Crippen molar-refractivity contribution in [3.63, 3.8) is 0 Å². The lowest BCUT2D eigenvalue weighted by Crippen LogP contribution is -2.49. The fourth-order valence-corrected chi connectivity index (χ4v) is 2.98. The van der Waals surface area contributed by atoms with Gasteiger partial charge in [0.15, 0.2) is 0 Å². The lowest BCUT2D eigenvalue weighted by Gasteiger charge is -2.37. The Morgan fingerprint density at radius 3 is 2.48 bits per heavy atom. The third-order valence-corrected chi connectivity index (χ3v) is 3.90. The highest BCUT2D eigenvalue weighted by Crippen LogP contribution is 2.24. The molecule has 0 aromatic heterocycles. The predicted octanol–water partition coefficient (Wildman–Crippen LogP) is 2.10. The summed E-state index contributed by atoms with van der Waals surface area (Å²) in [6, 6.07) is 0.616. The first-order valence-electron chi connectivity index (χ1n) is 8.23. The maximum Gasteiger partial charge on any atom is 0.307 e. The molecular weight excluding hydrogens is 268 g/mol. The standard InChI is InChI=1S/C16H30N2O3/c1-4-21-16(20)10-11-17-12-15(19)18(13(2)3)14-8-6-5-7-9-14/h13-14,17H,4-12H2,1-3H3. The Morgan fingerprint density at radius 2 is 1.90 bits per heavy atom. The second kappa shape index (κ2) is 9.77. The molecule has 0 spiro atoms. The van der Waals surface area contributed by atoms with Crippen LogP contribution in [0.2, 0.25) is 0 Å². The van der Waals surface area contributed by atoms with Crippen LogP contribution < -0.4 is 5.32 Å². The van der Waals surface area contributed by atoms with E-state index in [-0.39, 0.29) is 17.9 Å². The van der Waals surface area contributed by atoms with Crippen LogP contribution in [0.3, 0.4) is 0 Å². The molecule has 0 heterocycles. The first-order valence-corrected chi connectivity index (χ1v) is 8.23. The van der Waals surface area contributed by atoms with Crippen LogP contribution in [-0.2, 0) is 14.3 Å². The molecule has 5 nitrogen and oxygen atoms in total. The molecule has 1 fully saturated rings. The van der Waals surface area contributed by atoms with Crippen LogP contribution in [0, 0.1) is 0 Å². The number of carbonyl (C=O) groups is 2. The van der Waals surface area contributed by atoms with E-state index in [9.17, 15) is 9.59 Å². The zero-order chi connectivity index (χ0) is 15.7. The van der Waals surface area contributed by atoms with E-state index >= 15 is 0 Å². The van der Waals surface area contributed by atoms with Gasteiger partial charge in [0, 0.05) is 18.6 Å². The van der Waals surface area contributed by atoms with Gasteiger partial charge in [-0.15, -0.1) is 0 Å². The van der Waals surface area contributed by atoms with Gasteiger partial charge in [0.05, 0.1) is 19.6 Å². The molecule has 0 atom stereocenters. The van der Waals surface area contributed by atoms with Gasteiger partial charge in [0.25, 0.3) is 0 Å². The van der Waals surface area contributed by atoms with Gasteiger partial charge >= 0.3 is 5.97 Å². The zero-order valence-electron chi connectivity index (χ0n) is 13.7. The topological polar surface area (TPSA) is 58.6 Å². The molecule has 1 saturated carbocycles. The minimum Gasteiger partial charge on any atom is -0.466 e. The molecule has 1 aliphatic rings. The quantitative estimate of drug-likeness (QED) is 0.551. The van der Waals surface area contributed by atoms with Crippen molar-refractivity contribution in [1.82, 2.24) is 10.2 Å². The number of ether oxygens (including phenoxy) is 1. The Bertz CT molecular complexity index is 325. The Balaban J connectivity index is 2.34. The molecular formula is C16H30N2O3. The van der Waals surface area contributed by atoms with Crippen LogP contribution >= 0.6 is 0 Å². The van der Waals surface area contributed by atoms with E-state index in [0.29, 0.717) is 32.2 Å². The molecule has 0 bridgehead atoms. The fraction of sp³-hybridized carbons (Fsp3) is 0.875. The van der Waals surface area contributed by atoms with E-state index in [1.54, 1.807) is 6.92 Å². The lowest BCUT2D eigenvalue weighted by atomic mass is 9.93. The summed E-state index contributed by atoms with van der Waals surface area (Å²) in [5.74, 6) is -0.0776. The molecule has 0 aromatic carbocycles. The maximum atomic E-state index is 12.4. The second-order valence-corrected chi connectivity index (χ2v) is 5.92. The number of rotatable bonds is 8. The summed E-state index contributed by atoms with van der Waals surface area (Å²) >= 11 is 0. The molecule has 0 radical (unpaired) electrons. The first kappa shape index (κ1) is 18.0. The molecule has 0 aromatic rings. The summed E-state index contributed by atoms with van der Waals surface area (Å²) in [5.41, 5.74) is 0. The van der Waals surface area contributed by atoms with Crippen molar-refractivity contribution in [3.05, 3.63) is 0 Å². The predicted molar refractivity (Wildman–Crippen MR) is 83.0 cm³/mol. The van der Waals surface area contributed by atoms with Crippen molar-refractivity contribution in [1.29, 1.82) is 0 Å². The minimum absolute atomic E-state index is 0.140. The molecule has 0 saturated heterocycles. The summed E-state index contributed by atoms with van der Waals surface area (Å²) in [6.45, 7) is 7.13. The normalized spacial score (nSPS) is 16.0. The van der Waals surface area contributed by atoms with Crippen LogP contribution in [0.4, 0.5) is 0 Å². The van der Waals surface area contributed by atoms with Gasteiger partial charge in [-0.2, -0.15) is 0 Å². The Labute approximate surface area is 128 Å². The molecule has 21 heavy (non-hydrogen) atoms. The van der Waals surface area contributed by atoms with Gasteiger partial charge in [-0.1, -0.05) is 19.3 Å². The third kappa shape index (κ3) is 6.46. The smallest absolute Gasteiger partial charge is 0.307 e. The van der Waals surface area contributed by atoms with Crippen LogP contribution in [0.15, 0.2) is 0 Å². The second-order valence-electron chi connectivity index (χ2n) is 5.92. The monoisotopic (exact) mass is 298 g/mol. The molecule has 1 N–H and O–H groups in total. The van der Waals surface area contributed by atoms with Gasteiger partial charge in [0.1, 0.15) is 0 Å². The van der Waals surface area contributed by atoms with Crippen molar-refractivity contribution in [2.45, 2.75) is 71.4 Å². The summed E-state index contributed by atoms with van der Waals surface area (Å²) in [7, 11) is 0. The largest absolute Gasteiger partial charge is 0.466 e. The number of amides is 1. The Kier molecular flexibility index (Phi) is 8.35. The molecule has 1 rings (SSSR count). The van der Waals surface area contributed by atoms with Crippen molar-refractivity contribution < 1.29 is 14.3 Å². The highest BCUT2D eigenvalue weighted by Gasteiger charge is 2.26. The summed E-state index contributed by atoms with van der Waals surface area (Å²) in [5, 5.41) is 3.06. The Morgan fingerprint density at radius 1 is 1.24 bits per heavy atom. The number of hydrogen-bond acceptors (Lipinski definition) is 4. The van der Waals surface area contributed by atoms with E-state index in [4.69, 9.17) is 4.74 Å². The molecule has 122 valence electrons. The molecule has 1 amide bonds. The van der Waals surface area contributed by atoms with Gasteiger partial charge in [-0.25, -0.2) is 0 Å². The number of nitrogens with one attached hydrogen (secondary N) is 1. The van der Waals surface area contributed by atoms with Crippen molar-refractivity contribution in [3.8, 4) is 0 Å². The summed E-state index contributed by atoms with van der Waals surface area (Å²) in [6.07, 6.45) is 6.27. The molecule has 5 heteroatoms. The van der Waals surface area contributed by atoms with Crippen LogP contribution in [0.25, 0.3) is 0 Å². The number of nitrogens with zero attached hydrogens (tertiary/aromatic N) is 1. The number of carbonyl (C=O) groups excluding carboxylic acids is 2. The van der Waals surface area contributed by atoms with E-state index in [2.05, 4.69) is 19.2 Å². The summed E-state index contributed by atoms with van der Waals surface area (Å²) in [4.78, 5) is 25.6. The maximum absolute atomic E-state index is 12.4. The lowest BCUT2D eigenvalue weighted by molar-refractivity contribution is -0.143. The Hall–Kier alpha value is -1.10. The van der Waals surface area contributed by atoms with Gasteiger partial charge in [-0.3, -0.25) is 9.59 Å².